The van der Waals surface area contributed by atoms with Crippen LogP contribution in [-0.2, 0) is 6.54 Å². The molecule has 0 bridgehead atoms. The number of aromatic nitrogens is 6. The van der Waals surface area contributed by atoms with Gasteiger partial charge in [-0.15, -0.1) is 5.10 Å². The Morgan fingerprint density at radius 1 is 1.28 bits per heavy atom. The van der Waals surface area contributed by atoms with Gasteiger partial charge in [-0.2, -0.15) is 10.4 Å². The van der Waals surface area contributed by atoms with Gasteiger partial charge in [0.1, 0.15) is 17.9 Å². The zero-order valence-corrected chi connectivity index (χ0v) is 21.4. The highest BCUT2D eigenvalue weighted by Gasteiger charge is 2.31. The molecule has 4 heterocycles. The number of amides is 1. The zero-order valence-electron chi connectivity index (χ0n) is 21.4. The molecule has 12 nitrogen and oxygen atoms in total. The van der Waals surface area contributed by atoms with Crippen LogP contribution in [0.15, 0.2) is 42.9 Å². The van der Waals surface area contributed by atoms with Crippen molar-refractivity contribution in [2.45, 2.75) is 51.0 Å². The molecule has 13 heteroatoms. The Bertz CT molecular complexity index is 1550. The SMILES string of the molecule is CC(C)(O)[C@H](F)Cn1cc(-c2cnc(-c3ccc4cc(C#N)cnn34)cc2N[C@H]2C[C@H](CNC(=O)O)C2)nn1. The minimum atomic E-state index is -1.53. The maximum atomic E-state index is 14.4. The van der Waals surface area contributed by atoms with E-state index >= 15 is 0 Å². The van der Waals surface area contributed by atoms with Crippen molar-refractivity contribution in [1.29, 1.82) is 5.26 Å². The molecule has 0 radical (unpaired) electrons. The number of hydrogen-bond donors (Lipinski definition) is 4. The van der Waals surface area contributed by atoms with Crippen molar-refractivity contribution in [2.24, 2.45) is 5.92 Å². The van der Waals surface area contributed by atoms with Crippen LogP contribution in [0, 0.1) is 17.2 Å². The van der Waals surface area contributed by atoms with Crippen LogP contribution in [0.3, 0.4) is 0 Å². The molecule has 0 aliphatic heterocycles. The van der Waals surface area contributed by atoms with Gasteiger partial charge in [-0.1, -0.05) is 5.21 Å². The number of alkyl halides is 1. The van der Waals surface area contributed by atoms with E-state index < -0.39 is 17.9 Å². The molecule has 4 aromatic rings. The highest BCUT2D eigenvalue weighted by atomic mass is 19.1. The maximum absolute atomic E-state index is 14.4. The molecule has 1 aliphatic rings. The van der Waals surface area contributed by atoms with Crippen molar-refractivity contribution in [3.63, 3.8) is 0 Å². The van der Waals surface area contributed by atoms with Crippen LogP contribution >= 0.6 is 0 Å². The van der Waals surface area contributed by atoms with E-state index in [0.717, 1.165) is 29.7 Å². The molecule has 0 unspecified atom stereocenters. The first-order valence-electron chi connectivity index (χ1n) is 12.5. The Balaban J connectivity index is 1.44. The number of pyridine rings is 1. The van der Waals surface area contributed by atoms with E-state index in [-0.39, 0.29) is 18.5 Å². The molecular weight excluding hydrogens is 505 g/mol. The van der Waals surface area contributed by atoms with Gasteiger partial charge < -0.3 is 20.8 Å². The first kappa shape index (κ1) is 26.1. The number of carbonyl (C=O) groups is 1. The monoisotopic (exact) mass is 533 g/mol. The smallest absolute Gasteiger partial charge is 0.404 e. The molecule has 0 aromatic carbocycles. The fourth-order valence-corrected chi connectivity index (χ4v) is 4.54. The van der Waals surface area contributed by atoms with E-state index in [2.05, 4.69) is 37.1 Å². The van der Waals surface area contributed by atoms with Crippen molar-refractivity contribution in [3.8, 4) is 28.7 Å². The number of fused-ring (bicyclic) bond motifs is 1. The van der Waals surface area contributed by atoms with Gasteiger partial charge in [0.25, 0.3) is 0 Å². The number of nitriles is 1. The third-order valence-electron chi connectivity index (χ3n) is 6.86. The van der Waals surface area contributed by atoms with Crippen molar-refractivity contribution in [1.82, 2.24) is 34.9 Å². The molecule has 39 heavy (non-hydrogen) atoms. The summed E-state index contributed by atoms with van der Waals surface area (Å²) < 4.78 is 17.5. The molecule has 5 rings (SSSR count). The number of anilines is 1. The molecule has 1 atom stereocenters. The van der Waals surface area contributed by atoms with Crippen LogP contribution in [-0.4, -0.2) is 70.3 Å². The van der Waals surface area contributed by atoms with Gasteiger partial charge in [-0.25, -0.2) is 18.4 Å². The first-order chi connectivity index (χ1) is 18.6. The van der Waals surface area contributed by atoms with E-state index in [4.69, 9.17) is 5.11 Å². The molecule has 1 fully saturated rings. The first-order valence-corrected chi connectivity index (χ1v) is 12.5. The van der Waals surface area contributed by atoms with Gasteiger partial charge in [0, 0.05) is 30.0 Å². The van der Waals surface area contributed by atoms with Crippen molar-refractivity contribution in [3.05, 3.63) is 48.4 Å². The second kappa shape index (κ2) is 10.3. The second-order valence-corrected chi connectivity index (χ2v) is 10.3. The average molecular weight is 534 g/mol. The van der Waals surface area contributed by atoms with Gasteiger partial charge in [-0.3, -0.25) is 4.98 Å². The fourth-order valence-electron chi connectivity index (χ4n) is 4.54. The summed E-state index contributed by atoms with van der Waals surface area (Å²) in [5.41, 5.74) is 2.96. The summed E-state index contributed by atoms with van der Waals surface area (Å²) in [5, 5.41) is 46.6. The van der Waals surface area contributed by atoms with Crippen LogP contribution in [0.25, 0.3) is 28.2 Å². The molecule has 1 saturated carbocycles. The number of halogens is 1. The number of hydrogen-bond acceptors (Lipinski definition) is 8. The molecule has 202 valence electrons. The topological polar surface area (TPSA) is 166 Å². The highest BCUT2D eigenvalue weighted by Crippen LogP contribution is 2.35. The highest BCUT2D eigenvalue weighted by molar-refractivity contribution is 5.79. The van der Waals surface area contributed by atoms with Gasteiger partial charge >= 0.3 is 6.09 Å². The summed E-state index contributed by atoms with van der Waals surface area (Å²) in [5.74, 6) is 0.237. The summed E-state index contributed by atoms with van der Waals surface area (Å²) in [6, 6.07) is 9.56. The second-order valence-electron chi connectivity index (χ2n) is 10.3. The predicted octanol–water partition coefficient (Wildman–Crippen LogP) is 3.09. The molecule has 1 aliphatic carbocycles. The Kier molecular flexibility index (Phi) is 6.88. The Hall–Kier alpha value is -4.57. The average Bonchev–Trinajstić information content (AvgIpc) is 3.51. The minimum absolute atomic E-state index is 0.112. The normalized spacial score (nSPS) is 17.8. The van der Waals surface area contributed by atoms with E-state index in [9.17, 15) is 19.6 Å². The predicted molar refractivity (Wildman–Crippen MR) is 140 cm³/mol. The van der Waals surface area contributed by atoms with Gasteiger partial charge in [-0.05, 0) is 56.9 Å². The molecule has 1 amide bonds. The largest absolute Gasteiger partial charge is 0.465 e. The fraction of sp³-hybridized carbons (Fsp3) is 0.385. The lowest BCUT2D eigenvalue weighted by atomic mass is 9.80. The molecule has 0 saturated heterocycles. The molecule has 4 N–H and O–H groups in total. The van der Waals surface area contributed by atoms with Gasteiger partial charge in [0.05, 0.1) is 47.0 Å². The lowest BCUT2D eigenvalue weighted by Crippen LogP contribution is -2.41. The van der Waals surface area contributed by atoms with Gasteiger partial charge in [0.2, 0.25) is 0 Å². The van der Waals surface area contributed by atoms with Gasteiger partial charge in [0.15, 0.2) is 0 Å². The Morgan fingerprint density at radius 3 is 2.79 bits per heavy atom. The van der Waals surface area contributed by atoms with Crippen LogP contribution < -0.4 is 10.6 Å². The summed E-state index contributed by atoms with van der Waals surface area (Å²) in [4.78, 5) is 15.5. The minimum Gasteiger partial charge on any atom is -0.465 e. The summed E-state index contributed by atoms with van der Waals surface area (Å²) in [6.07, 6.45) is 3.77. The lowest BCUT2D eigenvalue weighted by molar-refractivity contribution is -0.0120. The number of aliphatic hydroxyl groups is 1. The van der Waals surface area contributed by atoms with Crippen molar-refractivity contribution >= 4 is 17.3 Å². The number of carboxylic acid groups (broad SMARTS) is 1. The summed E-state index contributed by atoms with van der Waals surface area (Å²) in [6.45, 7) is 3.05. The number of nitrogens with zero attached hydrogens (tertiary/aromatic N) is 7. The molecule has 4 aromatic heterocycles. The Morgan fingerprint density at radius 2 is 2.08 bits per heavy atom. The third-order valence-corrected chi connectivity index (χ3v) is 6.86. The quantitative estimate of drug-likeness (QED) is 0.253. The summed E-state index contributed by atoms with van der Waals surface area (Å²) in [7, 11) is 0. The third kappa shape index (κ3) is 5.65. The molecule has 0 spiro atoms. The van der Waals surface area contributed by atoms with E-state index in [1.165, 1.54) is 24.7 Å². The van der Waals surface area contributed by atoms with Crippen LogP contribution in [0.1, 0.15) is 32.3 Å². The standard InChI is InChI=1S/C26H28FN9O3/c1-26(2,39)24(27)14-35-13-22(33-34-35)19-12-29-21(23-4-3-18-7-16(9-28)11-31-36(18)23)8-20(19)32-17-5-15(6-17)10-30-25(37)38/h3-4,7-8,11-13,15,17,24,30,39H,5-6,10,14H2,1-2H3,(H,29,32)(H,37,38)/t15-,17-,24-/m1/s1. The van der Waals surface area contributed by atoms with E-state index in [0.29, 0.717) is 29.1 Å². The Labute approximate surface area is 223 Å². The lowest BCUT2D eigenvalue weighted by Gasteiger charge is -2.36. The zero-order chi connectivity index (χ0) is 27.7. The van der Waals surface area contributed by atoms with Crippen LogP contribution in [0.4, 0.5) is 14.9 Å². The van der Waals surface area contributed by atoms with Crippen LogP contribution in [0.2, 0.25) is 0 Å². The summed E-state index contributed by atoms with van der Waals surface area (Å²) >= 11 is 0. The number of rotatable bonds is 9. The van der Waals surface area contributed by atoms with E-state index in [1.54, 1.807) is 23.0 Å². The van der Waals surface area contributed by atoms with E-state index in [1.807, 2.05) is 18.2 Å². The van der Waals surface area contributed by atoms with Crippen LogP contribution in [0.5, 0.6) is 0 Å². The number of nitrogens with one attached hydrogen (secondary N) is 2. The maximum Gasteiger partial charge on any atom is 0.404 e. The van der Waals surface area contributed by atoms with Crippen molar-refractivity contribution in [2.75, 3.05) is 11.9 Å². The molecular formula is C26H28FN9O3. The van der Waals surface area contributed by atoms with Crippen molar-refractivity contribution < 1.29 is 19.4 Å².